The van der Waals surface area contributed by atoms with Crippen LogP contribution in [0.5, 0.6) is 12.0 Å². The predicted molar refractivity (Wildman–Crippen MR) is 120 cm³/mol. The molecule has 0 aliphatic carbocycles. The number of unbranched alkanes of at least 4 members (excludes halogenated alkanes) is 14. The number of aromatic nitrogens is 3. The van der Waals surface area contributed by atoms with Gasteiger partial charge in [-0.05, 0) is 6.42 Å². The van der Waals surface area contributed by atoms with Gasteiger partial charge in [-0.1, -0.05) is 96.8 Å². The fraction of sp³-hybridized carbons (Fsp3) is 0.826. The molecule has 1 aromatic heterocycles. The van der Waals surface area contributed by atoms with E-state index in [4.69, 9.17) is 9.47 Å². The second kappa shape index (κ2) is 16.8. The van der Waals surface area contributed by atoms with Crippen molar-refractivity contribution in [2.24, 2.45) is 0 Å². The van der Waals surface area contributed by atoms with Crippen molar-refractivity contribution in [1.29, 1.82) is 0 Å². The summed E-state index contributed by atoms with van der Waals surface area (Å²) in [6, 6.07) is -0.189. The number of methoxy groups -OCH3 is 2. The van der Waals surface area contributed by atoms with Gasteiger partial charge in [0.15, 0.2) is 0 Å². The van der Waals surface area contributed by atoms with E-state index >= 15 is 0 Å². The second-order valence-electron chi connectivity index (χ2n) is 7.91. The van der Waals surface area contributed by atoms with Crippen LogP contribution in [0.3, 0.4) is 0 Å². The van der Waals surface area contributed by atoms with Crippen molar-refractivity contribution >= 4 is 5.91 Å². The summed E-state index contributed by atoms with van der Waals surface area (Å²) in [7, 11) is 2.72. The van der Waals surface area contributed by atoms with Crippen molar-refractivity contribution in [3.8, 4) is 12.0 Å². The van der Waals surface area contributed by atoms with Crippen molar-refractivity contribution < 1.29 is 14.3 Å². The summed E-state index contributed by atoms with van der Waals surface area (Å²) in [6.07, 6.45) is 19.3. The number of carbonyl (C=O) groups is 1. The molecule has 0 aliphatic heterocycles. The zero-order valence-corrected chi connectivity index (χ0v) is 19.3. The third-order valence-electron chi connectivity index (χ3n) is 5.37. The first kappa shape index (κ1) is 26.1. The number of rotatable bonds is 18. The van der Waals surface area contributed by atoms with E-state index in [1.165, 1.54) is 91.3 Å². The Balaban J connectivity index is 2.06. The van der Waals surface area contributed by atoms with Gasteiger partial charge in [0.25, 0.3) is 0 Å². The van der Waals surface area contributed by atoms with Gasteiger partial charge in [-0.15, -0.1) is 9.97 Å². The maximum atomic E-state index is 12.3. The molecule has 0 fully saturated rings. The number of carbonyl (C=O) groups excluding carboxylic acids is 1. The zero-order valence-electron chi connectivity index (χ0n) is 19.3. The van der Waals surface area contributed by atoms with Crippen LogP contribution in [0.2, 0.25) is 0 Å². The molecule has 7 nitrogen and oxygen atoms in total. The van der Waals surface area contributed by atoms with Crippen molar-refractivity contribution in [3.63, 3.8) is 0 Å². The van der Waals surface area contributed by atoms with Gasteiger partial charge < -0.3 is 9.47 Å². The molecule has 172 valence electrons. The Hall–Kier alpha value is -1.92. The molecule has 0 N–H and O–H groups in total. The van der Waals surface area contributed by atoms with Gasteiger partial charge in [-0.3, -0.25) is 4.79 Å². The highest BCUT2D eigenvalue weighted by molar-refractivity contribution is 5.79. The first-order valence-corrected chi connectivity index (χ1v) is 11.8. The lowest BCUT2D eigenvalue weighted by Gasteiger charge is -2.09. The lowest BCUT2D eigenvalue weighted by atomic mass is 10.0. The molecule has 0 amide bonds. The van der Waals surface area contributed by atoms with Crippen LogP contribution in [0, 0.1) is 0 Å². The second-order valence-corrected chi connectivity index (χ2v) is 7.91. The molecule has 0 aliphatic rings. The Morgan fingerprint density at radius 1 is 0.733 bits per heavy atom. The molecule has 1 heterocycles. The van der Waals surface area contributed by atoms with Crippen LogP contribution in [0.4, 0.5) is 0 Å². The van der Waals surface area contributed by atoms with Gasteiger partial charge in [0.05, 0.1) is 14.2 Å². The van der Waals surface area contributed by atoms with Gasteiger partial charge in [-0.2, -0.15) is 4.57 Å². The number of hydrogen-bond acceptors (Lipinski definition) is 6. The maximum Gasteiger partial charge on any atom is 0.363 e. The quantitative estimate of drug-likeness (QED) is 0.288. The minimum absolute atomic E-state index is 0.0854. The summed E-state index contributed by atoms with van der Waals surface area (Å²) < 4.78 is 10.7. The molecule has 0 bridgehead atoms. The highest BCUT2D eigenvalue weighted by Crippen LogP contribution is 2.14. The molecule has 0 spiro atoms. The Morgan fingerprint density at radius 3 is 1.63 bits per heavy atom. The minimum atomic E-state index is -0.718. The van der Waals surface area contributed by atoms with E-state index in [9.17, 15) is 9.59 Å². The van der Waals surface area contributed by atoms with Crippen molar-refractivity contribution in [1.82, 2.24) is 14.5 Å². The van der Waals surface area contributed by atoms with E-state index in [0.717, 1.165) is 23.8 Å². The summed E-state index contributed by atoms with van der Waals surface area (Å²) in [5, 5.41) is 0. The van der Waals surface area contributed by atoms with Gasteiger partial charge >= 0.3 is 17.7 Å². The van der Waals surface area contributed by atoms with E-state index < -0.39 is 5.69 Å². The minimum Gasteiger partial charge on any atom is -0.467 e. The maximum absolute atomic E-state index is 12.3. The third kappa shape index (κ3) is 10.7. The van der Waals surface area contributed by atoms with E-state index in [-0.39, 0.29) is 24.3 Å². The number of nitrogens with zero attached hydrogens (tertiary/aromatic N) is 3. The molecule has 0 atom stereocenters. The fourth-order valence-electron chi connectivity index (χ4n) is 3.57. The SMILES string of the molecule is CCCCCCCCCCCCCCCCCC(=O)n1c(OC)nc(OC)nc1=O. The first-order valence-electron chi connectivity index (χ1n) is 11.8. The van der Waals surface area contributed by atoms with E-state index in [1.54, 1.807) is 0 Å². The largest absolute Gasteiger partial charge is 0.467 e. The smallest absolute Gasteiger partial charge is 0.363 e. The highest BCUT2D eigenvalue weighted by atomic mass is 16.5. The molecule has 7 heteroatoms. The van der Waals surface area contributed by atoms with Crippen LogP contribution in [-0.4, -0.2) is 34.7 Å². The van der Waals surface area contributed by atoms with Crippen LogP contribution in [0.25, 0.3) is 0 Å². The van der Waals surface area contributed by atoms with Crippen LogP contribution < -0.4 is 15.2 Å². The van der Waals surface area contributed by atoms with Crippen molar-refractivity contribution in [2.45, 2.75) is 110 Å². The molecular weight excluding hydrogens is 382 g/mol. The number of ether oxygens (including phenoxy) is 2. The zero-order chi connectivity index (χ0) is 22.0. The summed E-state index contributed by atoms with van der Waals surface area (Å²) in [5.74, 6) is -0.339. The van der Waals surface area contributed by atoms with E-state index in [1.807, 2.05) is 0 Å². The Labute approximate surface area is 181 Å². The summed E-state index contributed by atoms with van der Waals surface area (Å²) in [4.78, 5) is 31.9. The standard InChI is InChI=1S/C23H41N3O4/c1-4-5-6-7-8-9-10-11-12-13-14-15-16-17-18-19-20(27)26-22(28)24-21(29-2)25-23(26)30-3/h4-19H2,1-3H3. The molecule has 0 aromatic carbocycles. The molecule has 0 saturated heterocycles. The summed E-state index contributed by atoms with van der Waals surface area (Å²) in [5.41, 5.74) is -0.718. The average molecular weight is 424 g/mol. The monoisotopic (exact) mass is 423 g/mol. The molecule has 1 aromatic rings. The molecular formula is C23H41N3O4. The van der Waals surface area contributed by atoms with Gasteiger partial charge in [0.1, 0.15) is 0 Å². The highest BCUT2D eigenvalue weighted by Gasteiger charge is 2.17. The van der Waals surface area contributed by atoms with Crippen LogP contribution in [0.1, 0.15) is 114 Å². The fourth-order valence-corrected chi connectivity index (χ4v) is 3.57. The van der Waals surface area contributed by atoms with E-state index in [0.29, 0.717) is 0 Å². The van der Waals surface area contributed by atoms with Crippen molar-refractivity contribution in [3.05, 3.63) is 10.5 Å². The van der Waals surface area contributed by atoms with Gasteiger partial charge in [0.2, 0.25) is 5.91 Å². The van der Waals surface area contributed by atoms with Crippen LogP contribution >= 0.6 is 0 Å². The van der Waals surface area contributed by atoms with Crippen LogP contribution in [-0.2, 0) is 0 Å². The molecule has 30 heavy (non-hydrogen) atoms. The molecule has 0 radical (unpaired) electrons. The summed E-state index contributed by atoms with van der Waals surface area (Å²) >= 11 is 0. The lowest BCUT2D eigenvalue weighted by Crippen LogP contribution is -2.31. The Bertz CT molecular complexity index is 646. The molecule has 0 unspecified atom stereocenters. The Morgan fingerprint density at radius 2 is 1.20 bits per heavy atom. The third-order valence-corrected chi connectivity index (χ3v) is 5.37. The molecule has 1 rings (SSSR count). The first-order chi connectivity index (χ1) is 14.6. The van der Waals surface area contributed by atoms with Crippen LogP contribution in [0.15, 0.2) is 4.79 Å². The normalized spacial score (nSPS) is 10.9. The average Bonchev–Trinajstić information content (AvgIpc) is 2.75. The molecule has 0 saturated carbocycles. The number of hydrogen-bond donors (Lipinski definition) is 0. The van der Waals surface area contributed by atoms with Gasteiger partial charge in [-0.25, -0.2) is 4.79 Å². The van der Waals surface area contributed by atoms with Gasteiger partial charge in [0, 0.05) is 6.42 Å². The Kier molecular flexibility index (Phi) is 14.7. The lowest BCUT2D eigenvalue weighted by molar-refractivity contribution is 0.0876. The summed E-state index contributed by atoms with van der Waals surface area (Å²) in [6.45, 7) is 2.26. The topological polar surface area (TPSA) is 83.3 Å². The van der Waals surface area contributed by atoms with Crippen molar-refractivity contribution in [2.75, 3.05) is 14.2 Å². The van der Waals surface area contributed by atoms with E-state index in [2.05, 4.69) is 16.9 Å². The predicted octanol–water partition coefficient (Wildman–Crippen LogP) is 5.56.